The van der Waals surface area contributed by atoms with Crippen LogP contribution in [0, 0.1) is 0 Å². The van der Waals surface area contributed by atoms with Crippen LogP contribution < -0.4 is 0 Å². The summed E-state index contributed by atoms with van der Waals surface area (Å²) < 4.78 is 6.62. The van der Waals surface area contributed by atoms with E-state index in [1.165, 1.54) is 11.4 Å². The van der Waals surface area contributed by atoms with Gasteiger partial charge in [-0.15, -0.1) is 0 Å². The molecule has 0 bridgehead atoms. The number of hydrogen-bond acceptors (Lipinski definition) is 4. The normalized spacial score (nSPS) is 33.4. The summed E-state index contributed by atoms with van der Waals surface area (Å²) in [5.41, 5.74) is -1.96. The Bertz CT molecular complexity index is 207. The van der Waals surface area contributed by atoms with Crippen molar-refractivity contribution in [1.29, 1.82) is 0 Å². The third-order valence-electron chi connectivity index (χ3n) is 1.31. The molecule has 1 atom stereocenters. The van der Waals surface area contributed by atoms with E-state index in [2.05, 4.69) is 0 Å². The Hall–Kier alpha value is 0.430. The monoisotopic (exact) mass is 197 g/mol. The van der Waals surface area contributed by atoms with Gasteiger partial charge in [-0.2, -0.15) is 0 Å². The van der Waals surface area contributed by atoms with Crippen LogP contribution in [0.25, 0.3) is 0 Å². The Morgan fingerprint density at radius 2 is 2.50 bits per heavy atom. The van der Waals surface area contributed by atoms with E-state index in [9.17, 15) is 4.79 Å². The van der Waals surface area contributed by atoms with Gasteiger partial charge in [-0.25, -0.2) is 0 Å². The van der Waals surface area contributed by atoms with Crippen molar-refractivity contribution in [2.24, 2.45) is 0 Å². The molecule has 0 aromatic heterocycles. The summed E-state index contributed by atoms with van der Waals surface area (Å²) in [6, 6.07) is 0. The first kappa shape index (κ1) is 8.53. The minimum atomic E-state index is -1.96. The number of amides is 1. The third-order valence-corrected chi connectivity index (χ3v) is 8.11. The van der Waals surface area contributed by atoms with Crippen LogP contribution >= 0.6 is 17.0 Å². The lowest BCUT2D eigenvalue weighted by molar-refractivity contribution is -0.122. The van der Waals surface area contributed by atoms with Gasteiger partial charge in [0.2, 0.25) is 11.5 Å². The molecule has 1 aliphatic rings. The van der Waals surface area contributed by atoms with Gasteiger partial charge < -0.3 is 4.52 Å². The van der Waals surface area contributed by atoms with Crippen molar-refractivity contribution < 1.29 is 9.32 Å². The molecule has 0 aromatic carbocycles. The summed E-state index contributed by atoms with van der Waals surface area (Å²) in [5, 5.41) is 0. The lowest BCUT2D eigenvalue weighted by Gasteiger charge is -2.19. The number of hydrogen-bond donors (Lipinski definition) is 0. The molecule has 0 radical (unpaired) electrons. The highest BCUT2D eigenvalue weighted by Crippen LogP contribution is 2.65. The van der Waals surface area contributed by atoms with E-state index in [0.717, 1.165) is 0 Å². The van der Waals surface area contributed by atoms with Crippen LogP contribution in [0.2, 0.25) is 0 Å². The molecule has 0 aromatic rings. The van der Waals surface area contributed by atoms with E-state index >= 15 is 0 Å². The molecule has 1 amide bonds. The van der Waals surface area contributed by atoms with Crippen molar-refractivity contribution >= 4 is 34.7 Å². The second kappa shape index (κ2) is 2.81. The van der Waals surface area contributed by atoms with Crippen molar-refractivity contribution in [3.63, 3.8) is 0 Å². The quantitative estimate of drug-likeness (QED) is 0.588. The van der Waals surface area contributed by atoms with Gasteiger partial charge in [0.05, 0.1) is 5.75 Å². The molecule has 6 heteroatoms. The van der Waals surface area contributed by atoms with Gasteiger partial charge in [0.15, 0.2) is 0 Å². The maximum Gasteiger partial charge on any atom is 0.238 e. The van der Waals surface area contributed by atoms with E-state index in [1.807, 2.05) is 0 Å². The highest BCUT2D eigenvalue weighted by molar-refractivity contribution is 8.69. The molecule has 1 fully saturated rings. The van der Waals surface area contributed by atoms with E-state index in [4.69, 9.17) is 16.3 Å². The van der Waals surface area contributed by atoms with Crippen LogP contribution in [-0.4, -0.2) is 30.5 Å². The average Bonchev–Trinajstić information content (AvgIpc) is 2.19. The highest BCUT2D eigenvalue weighted by atomic mass is 32.9. The van der Waals surface area contributed by atoms with Gasteiger partial charge in [-0.3, -0.25) is 9.46 Å². The smallest absolute Gasteiger partial charge is 0.238 e. The molecule has 10 heavy (non-hydrogen) atoms. The fourth-order valence-electron chi connectivity index (χ4n) is 0.629. The SMILES string of the molecule is COP1(=S)SCC(=O)N1C. The van der Waals surface area contributed by atoms with Crippen LogP contribution in [-0.2, 0) is 21.1 Å². The lowest BCUT2D eigenvalue weighted by Crippen LogP contribution is -2.17. The maximum absolute atomic E-state index is 10.9. The zero-order chi connectivity index (χ0) is 7.78. The van der Waals surface area contributed by atoms with Crippen molar-refractivity contribution in [2.45, 2.75) is 0 Å². The van der Waals surface area contributed by atoms with Gasteiger partial charge in [-0.05, 0) is 11.8 Å². The molecule has 0 saturated carbocycles. The molecule has 1 saturated heterocycles. The Kier molecular flexibility index (Phi) is 2.40. The zero-order valence-electron chi connectivity index (χ0n) is 5.73. The molecule has 0 aliphatic carbocycles. The largest absolute Gasteiger partial charge is 0.330 e. The van der Waals surface area contributed by atoms with Gasteiger partial charge in [0.25, 0.3) is 0 Å². The Morgan fingerprint density at radius 3 is 2.70 bits per heavy atom. The summed E-state index contributed by atoms with van der Waals surface area (Å²) in [4.78, 5) is 10.9. The van der Waals surface area contributed by atoms with Crippen LogP contribution in [0.15, 0.2) is 0 Å². The Labute approximate surface area is 69.0 Å². The first-order valence-corrected chi connectivity index (χ1v) is 6.94. The standard InChI is InChI=1S/C4H8NO2PS2/c1-5-4(6)3-10-8(5,9)7-2/h3H2,1-2H3. The fourth-order valence-corrected chi connectivity index (χ4v) is 4.74. The van der Waals surface area contributed by atoms with Crippen molar-refractivity contribution in [3.05, 3.63) is 0 Å². The lowest BCUT2D eigenvalue weighted by atomic mass is 10.7. The molecule has 1 rings (SSSR count). The molecule has 1 unspecified atom stereocenters. The zero-order valence-corrected chi connectivity index (χ0v) is 8.26. The maximum atomic E-state index is 10.9. The van der Waals surface area contributed by atoms with Crippen molar-refractivity contribution in [2.75, 3.05) is 19.9 Å². The topological polar surface area (TPSA) is 29.5 Å². The second-order valence-corrected chi connectivity index (χ2v) is 8.73. The molecule has 0 spiro atoms. The fraction of sp³-hybridized carbons (Fsp3) is 0.750. The summed E-state index contributed by atoms with van der Waals surface area (Å²) >= 11 is 6.57. The third kappa shape index (κ3) is 1.23. The minimum Gasteiger partial charge on any atom is -0.330 e. The van der Waals surface area contributed by atoms with Gasteiger partial charge in [0.1, 0.15) is 0 Å². The number of rotatable bonds is 1. The molecule has 0 N–H and O–H groups in total. The number of nitrogens with zero attached hydrogens (tertiary/aromatic N) is 1. The van der Waals surface area contributed by atoms with E-state index in [-0.39, 0.29) is 5.91 Å². The molecule has 1 aliphatic heterocycles. The molecule has 3 nitrogen and oxygen atoms in total. The predicted octanol–water partition coefficient (Wildman–Crippen LogP) is 1.06. The van der Waals surface area contributed by atoms with E-state index < -0.39 is 5.62 Å². The van der Waals surface area contributed by atoms with Gasteiger partial charge >= 0.3 is 0 Å². The first-order chi connectivity index (χ1) is 4.60. The Morgan fingerprint density at radius 1 is 1.90 bits per heavy atom. The van der Waals surface area contributed by atoms with Gasteiger partial charge in [0, 0.05) is 14.2 Å². The summed E-state index contributed by atoms with van der Waals surface area (Å²) in [6.45, 7) is 0. The minimum absolute atomic E-state index is 0.0789. The van der Waals surface area contributed by atoms with Crippen molar-refractivity contribution in [1.82, 2.24) is 4.67 Å². The number of carbonyl (C=O) groups excluding carboxylic acids is 1. The average molecular weight is 197 g/mol. The predicted molar refractivity (Wildman–Crippen MR) is 46.5 cm³/mol. The van der Waals surface area contributed by atoms with Crippen LogP contribution in [0.5, 0.6) is 0 Å². The van der Waals surface area contributed by atoms with Crippen LogP contribution in [0.4, 0.5) is 0 Å². The summed E-state index contributed by atoms with van der Waals surface area (Å²) in [5.74, 6) is 0.553. The Balaban J connectivity index is 2.84. The van der Waals surface area contributed by atoms with Crippen molar-refractivity contribution in [3.8, 4) is 0 Å². The van der Waals surface area contributed by atoms with Crippen LogP contribution in [0.3, 0.4) is 0 Å². The highest BCUT2D eigenvalue weighted by Gasteiger charge is 2.35. The molecule has 58 valence electrons. The molecular weight excluding hydrogens is 189 g/mol. The van der Waals surface area contributed by atoms with Gasteiger partial charge in [-0.1, -0.05) is 11.4 Å². The molecule has 1 heterocycles. The second-order valence-electron chi connectivity index (χ2n) is 1.84. The first-order valence-electron chi connectivity index (χ1n) is 2.67. The van der Waals surface area contributed by atoms with E-state index in [1.54, 1.807) is 18.8 Å². The van der Waals surface area contributed by atoms with E-state index in [0.29, 0.717) is 5.75 Å². The molecular formula is C4H8NO2PS2. The van der Waals surface area contributed by atoms with Crippen LogP contribution in [0.1, 0.15) is 0 Å². The summed E-state index contributed by atoms with van der Waals surface area (Å²) in [6.07, 6.45) is 0. The summed E-state index contributed by atoms with van der Waals surface area (Å²) in [7, 11) is 3.26. The number of carbonyl (C=O) groups is 1.